The van der Waals surface area contributed by atoms with Crippen LogP contribution in [0.5, 0.6) is 5.75 Å². The molecule has 0 spiro atoms. The number of hydrogen-bond donors (Lipinski definition) is 1. The molecule has 0 radical (unpaired) electrons. The van der Waals surface area contributed by atoms with Crippen molar-refractivity contribution in [3.05, 3.63) is 23.8 Å². The summed E-state index contributed by atoms with van der Waals surface area (Å²) in [5, 5.41) is 2.58. The largest absolute Gasteiger partial charge is 0.493 e. The van der Waals surface area contributed by atoms with Crippen LogP contribution < -0.4 is 10.1 Å². The van der Waals surface area contributed by atoms with Crippen LogP contribution in [-0.4, -0.2) is 24.7 Å². The van der Waals surface area contributed by atoms with Gasteiger partial charge in [-0.15, -0.1) is 0 Å². The Bertz CT molecular complexity index is 605. The first-order valence-electron chi connectivity index (χ1n) is 9.47. The molecule has 1 rings (SSSR count). The number of halogens is 3. The van der Waals surface area contributed by atoms with Crippen molar-refractivity contribution in [2.24, 2.45) is 0 Å². The maximum atomic E-state index is 13.3. The van der Waals surface area contributed by atoms with Crippen LogP contribution in [0.25, 0.3) is 0 Å². The maximum Gasteiger partial charge on any atom is 0.420 e. The second kappa shape index (κ2) is 10.5. The maximum absolute atomic E-state index is 13.3. The highest BCUT2D eigenvalue weighted by molar-refractivity contribution is 5.97. The van der Waals surface area contributed by atoms with Crippen LogP contribution in [0, 0.1) is 0 Å². The van der Waals surface area contributed by atoms with Gasteiger partial charge in [0.25, 0.3) is 5.91 Å². The normalized spacial score (nSPS) is 13.9. The summed E-state index contributed by atoms with van der Waals surface area (Å²) in [6.45, 7) is 7.83. The summed E-state index contributed by atoms with van der Waals surface area (Å²) in [5.74, 6) is -0.694. The lowest BCUT2D eigenvalue weighted by molar-refractivity contribution is -0.141. The zero-order chi connectivity index (χ0) is 20.5. The summed E-state index contributed by atoms with van der Waals surface area (Å²) in [5.41, 5.74) is -1.93. The number of carbonyl (C=O) groups is 1. The predicted octanol–water partition coefficient (Wildman–Crippen LogP) is 5.81. The van der Waals surface area contributed by atoms with E-state index in [0.717, 1.165) is 31.7 Å². The molecule has 4 nitrogen and oxygen atoms in total. The van der Waals surface area contributed by atoms with E-state index in [2.05, 4.69) is 12.2 Å². The Morgan fingerprint density at radius 1 is 1.11 bits per heavy atom. The number of alkyl halides is 3. The standard InChI is InChI=1S/C20H30F3NO3/c1-5-8-9-12-19(4,27-13-6-2)18(25)24-15-10-11-17(26-7-3)16(14-15)20(21,22)23/h10-11,14H,5-9,12-13H2,1-4H3,(H,24,25). The van der Waals surface area contributed by atoms with E-state index in [4.69, 9.17) is 9.47 Å². The summed E-state index contributed by atoms with van der Waals surface area (Å²) in [6.07, 6.45) is -0.553. The SMILES string of the molecule is CCCCCC(C)(OCCC)C(=O)Nc1ccc(OCC)c(C(F)(F)F)c1. The summed E-state index contributed by atoms with van der Waals surface area (Å²) < 4.78 is 50.6. The second-order valence-electron chi connectivity index (χ2n) is 6.63. The molecule has 0 aliphatic rings. The Kier molecular flexibility index (Phi) is 9.09. The van der Waals surface area contributed by atoms with Gasteiger partial charge in [-0.3, -0.25) is 4.79 Å². The summed E-state index contributed by atoms with van der Waals surface area (Å²) in [6, 6.07) is 3.53. The highest BCUT2D eigenvalue weighted by Gasteiger charge is 2.36. The fraction of sp³-hybridized carbons (Fsp3) is 0.650. The number of anilines is 1. The Labute approximate surface area is 159 Å². The van der Waals surface area contributed by atoms with Gasteiger partial charge < -0.3 is 14.8 Å². The Morgan fingerprint density at radius 3 is 2.37 bits per heavy atom. The molecule has 0 fully saturated rings. The highest BCUT2D eigenvalue weighted by Crippen LogP contribution is 2.38. The van der Waals surface area contributed by atoms with Gasteiger partial charge in [-0.2, -0.15) is 13.2 Å². The zero-order valence-electron chi connectivity index (χ0n) is 16.5. The van der Waals surface area contributed by atoms with Crippen molar-refractivity contribution in [2.75, 3.05) is 18.5 Å². The number of nitrogens with one attached hydrogen (secondary N) is 1. The minimum absolute atomic E-state index is 0.0672. The van der Waals surface area contributed by atoms with Crippen molar-refractivity contribution in [1.82, 2.24) is 0 Å². The van der Waals surface area contributed by atoms with E-state index in [0.29, 0.717) is 13.0 Å². The number of ether oxygens (including phenoxy) is 2. The third kappa shape index (κ3) is 7.05. The van der Waals surface area contributed by atoms with Gasteiger partial charge in [0.1, 0.15) is 11.4 Å². The van der Waals surface area contributed by atoms with Gasteiger partial charge in [-0.05, 0) is 44.9 Å². The van der Waals surface area contributed by atoms with E-state index in [1.54, 1.807) is 13.8 Å². The third-order valence-corrected chi connectivity index (χ3v) is 4.21. The molecule has 1 aromatic carbocycles. The van der Waals surface area contributed by atoms with E-state index in [9.17, 15) is 18.0 Å². The molecular formula is C20H30F3NO3. The number of rotatable bonds is 11. The average molecular weight is 389 g/mol. The minimum atomic E-state index is -4.58. The monoisotopic (exact) mass is 389 g/mol. The van der Waals surface area contributed by atoms with Crippen LogP contribution in [0.3, 0.4) is 0 Å². The molecule has 0 bridgehead atoms. The molecule has 0 aliphatic carbocycles. The number of unbranched alkanes of at least 4 members (excludes halogenated alkanes) is 2. The van der Waals surface area contributed by atoms with E-state index >= 15 is 0 Å². The molecule has 154 valence electrons. The minimum Gasteiger partial charge on any atom is -0.493 e. The van der Waals surface area contributed by atoms with Crippen molar-refractivity contribution in [3.63, 3.8) is 0 Å². The molecule has 0 heterocycles. The van der Waals surface area contributed by atoms with Crippen molar-refractivity contribution < 1.29 is 27.4 Å². The molecule has 1 atom stereocenters. The van der Waals surface area contributed by atoms with Crippen LogP contribution >= 0.6 is 0 Å². The molecule has 7 heteroatoms. The summed E-state index contributed by atoms with van der Waals surface area (Å²) in [7, 11) is 0. The van der Waals surface area contributed by atoms with E-state index < -0.39 is 23.2 Å². The fourth-order valence-corrected chi connectivity index (χ4v) is 2.66. The number of hydrogen-bond acceptors (Lipinski definition) is 3. The Balaban J connectivity index is 3.03. The highest BCUT2D eigenvalue weighted by atomic mass is 19.4. The first kappa shape index (κ1) is 23.3. The van der Waals surface area contributed by atoms with Crippen molar-refractivity contribution in [1.29, 1.82) is 0 Å². The molecular weight excluding hydrogens is 359 g/mol. The zero-order valence-corrected chi connectivity index (χ0v) is 16.5. The average Bonchev–Trinajstić information content (AvgIpc) is 2.60. The molecule has 27 heavy (non-hydrogen) atoms. The van der Waals surface area contributed by atoms with Crippen LogP contribution in [-0.2, 0) is 15.7 Å². The first-order chi connectivity index (χ1) is 12.7. The quantitative estimate of drug-likeness (QED) is 0.486. The van der Waals surface area contributed by atoms with Gasteiger partial charge in [0.05, 0.1) is 12.2 Å². The molecule has 1 aromatic rings. The van der Waals surface area contributed by atoms with Crippen LogP contribution in [0.15, 0.2) is 18.2 Å². The lowest BCUT2D eigenvalue weighted by Gasteiger charge is -2.29. The van der Waals surface area contributed by atoms with Gasteiger partial charge in [0, 0.05) is 12.3 Å². The second-order valence-corrected chi connectivity index (χ2v) is 6.63. The lowest BCUT2D eigenvalue weighted by atomic mass is 9.96. The summed E-state index contributed by atoms with van der Waals surface area (Å²) in [4.78, 5) is 12.8. The van der Waals surface area contributed by atoms with Crippen LogP contribution in [0.4, 0.5) is 18.9 Å². The van der Waals surface area contributed by atoms with Crippen molar-refractivity contribution in [2.45, 2.75) is 71.6 Å². The van der Waals surface area contributed by atoms with Crippen molar-refractivity contribution >= 4 is 11.6 Å². The van der Waals surface area contributed by atoms with Crippen LogP contribution in [0.2, 0.25) is 0 Å². The summed E-state index contributed by atoms with van der Waals surface area (Å²) >= 11 is 0. The van der Waals surface area contributed by atoms with E-state index in [-0.39, 0.29) is 18.0 Å². The molecule has 1 amide bonds. The smallest absolute Gasteiger partial charge is 0.420 e. The lowest BCUT2D eigenvalue weighted by Crippen LogP contribution is -2.43. The van der Waals surface area contributed by atoms with Gasteiger partial charge in [0.2, 0.25) is 0 Å². The number of amides is 1. The van der Waals surface area contributed by atoms with Crippen LogP contribution in [0.1, 0.15) is 65.4 Å². The number of benzene rings is 1. The Morgan fingerprint density at radius 2 is 1.81 bits per heavy atom. The van der Waals surface area contributed by atoms with Gasteiger partial charge >= 0.3 is 6.18 Å². The Hall–Kier alpha value is -1.76. The molecule has 1 N–H and O–H groups in total. The van der Waals surface area contributed by atoms with Gasteiger partial charge in [0.15, 0.2) is 0 Å². The molecule has 0 saturated carbocycles. The molecule has 0 aromatic heterocycles. The van der Waals surface area contributed by atoms with Gasteiger partial charge in [-0.1, -0.05) is 33.1 Å². The van der Waals surface area contributed by atoms with Gasteiger partial charge in [-0.25, -0.2) is 0 Å². The molecule has 0 saturated heterocycles. The molecule has 0 aliphatic heterocycles. The van der Waals surface area contributed by atoms with Crippen molar-refractivity contribution in [3.8, 4) is 5.75 Å². The first-order valence-corrected chi connectivity index (χ1v) is 9.47. The van der Waals surface area contributed by atoms with E-state index in [1.807, 2.05) is 6.92 Å². The topological polar surface area (TPSA) is 47.6 Å². The third-order valence-electron chi connectivity index (χ3n) is 4.21. The predicted molar refractivity (Wildman–Crippen MR) is 100 cm³/mol. The number of carbonyl (C=O) groups excluding carboxylic acids is 1. The van der Waals surface area contributed by atoms with E-state index in [1.165, 1.54) is 12.1 Å². The fourth-order valence-electron chi connectivity index (χ4n) is 2.66. The molecule has 1 unspecified atom stereocenters.